The van der Waals surface area contributed by atoms with E-state index in [0.717, 1.165) is 58.2 Å². The molecule has 3 aliphatic heterocycles. The lowest BCUT2D eigenvalue weighted by Crippen LogP contribution is -2.42. The molecule has 1 saturated carbocycles. The van der Waals surface area contributed by atoms with Crippen LogP contribution in [0.25, 0.3) is 0 Å². The second-order valence-corrected chi connectivity index (χ2v) is 10.9. The summed E-state index contributed by atoms with van der Waals surface area (Å²) < 4.78 is 33.9. The summed E-state index contributed by atoms with van der Waals surface area (Å²) in [5.74, 6) is 1.55. The van der Waals surface area contributed by atoms with Gasteiger partial charge in [-0.25, -0.2) is 13.1 Å². The molecule has 1 aliphatic carbocycles. The van der Waals surface area contributed by atoms with Crippen LogP contribution in [0.4, 0.5) is 0 Å². The number of allylic oxidation sites excluding steroid dienone is 1. The lowest BCUT2D eigenvalue weighted by Gasteiger charge is -2.29. The van der Waals surface area contributed by atoms with E-state index in [0.29, 0.717) is 30.1 Å². The number of ether oxygens (including phenoxy) is 1. The van der Waals surface area contributed by atoms with Gasteiger partial charge in [0.15, 0.2) is 0 Å². The minimum absolute atomic E-state index is 0.000777. The van der Waals surface area contributed by atoms with Gasteiger partial charge < -0.3 is 4.74 Å². The van der Waals surface area contributed by atoms with Gasteiger partial charge in [-0.15, -0.1) is 0 Å². The molecule has 3 saturated heterocycles. The van der Waals surface area contributed by atoms with Crippen LogP contribution in [0.5, 0.6) is 0 Å². The van der Waals surface area contributed by atoms with Gasteiger partial charge in [0.2, 0.25) is 10.0 Å². The average molecular weight is 383 g/mol. The molecule has 0 unspecified atom stereocenters. The predicted molar refractivity (Wildman–Crippen MR) is 103 cm³/mol. The molecule has 4 rings (SSSR count). The Morgan fingerprint density at radius 2 is 2.15 bits per heavy atom. The zero-order valence-electron chi connectivity index (χ0n) is 16.2. The zero-order valence-corrected chi connectivity index (χ0v) is 17.1. The smallest absolute Gasteiger partial charge is 0.211 e. The zero-order chi connectivity index (χ0) is 18.4. The first-order valence-corrected chi connectivity index (χ1v) is 12.1. The second-order valence-electron chi connectivity index (χ2n) is 9.03. The first kappa shape index (κ1) is 18.9. The standard InChI is InChI=1S/C20H34N2O3S/c1-3-15(2)5-4-10-22-12-18-17(19-8-9-20(18,14-22)25-19)11-21-26(23,24)13-16-6-7-16/h5,16-19,21H,3-4,6-14H2,1-2H3/b15-5+/t17-,18+,19+,20+/m0/s1. The monoisotopic (exact) mass is 382 g/mol. The SMILES string of the molecule is CC/C(C)=C/CCN1C[C@@H]2[C@H](CNS(=O)(=O)CC3CC3)[C@H]3CC[C@]2(C1)O3. The fourth-order valence-corrected chi connectivity index (χ4v) is 6.76. The Balaban J connectivity index is 1.33. The van der Waals surface area contributed by atoms with Crippen molar-refractivity contribution in [2.75, 3.05) is 31.9 Å². The van der Waals surface area contributed by atoms with Gasteiger partial charge in [0.05, 0.1) is 17.5 Å². The van der Waals surface area contributed by atoms with Gasteiger partial charge in [-0.1, -0.05) is 18.6 Å². The Labute approximate surface area is 158 Å². The van der Waals surface area contributed by atoms with Crippen LogP contribution in [-0.2, 0) is 14.8 Å². The van der Waals surface area contributed by atoms with E-state index in [1.54, 1.807) is 0 Å². The van der Waals surface area contributed by atoms with Crippen LogP contribution in [0.15, 0.2) is 11.6 Å². The number of hydrogen-bond donors (Lipinski definition) is 1. The van der Waals surface area contributed by atoms with Gasteiger partial charge in [0.25, 0.3) is 0 Å². The van der Waals surface area contributed by atoms with Gasteiger partial charge in [0.1, 0.15) is 0 Å². The fourth-order valence-electron chi connectivity index (χ4n) is 5.24. The molecule has 4 aliphatic rings. The molecule has 2 bridgehead atoms. The van der Waals surface area contributed by atoms with Crippen LogP contribution < -0.4 is 4.72 Å². The van der Waals surface area contributed by atoms with Crippen molar-refractivity contribution in [2.45, 2.75) is 64.1 Å². The first-order chi connectivity index (χ1) is 12.4. The first-order valence-electron chi connectivity index (χ1n) is 10.4. The summed E-state index contributed by atoms with van der Waals surface area (Å²) in [7, 11) is -3.12. The van der Waals surface area contributed by atoms with Gasteiger partial charge >= 0.3 is 0 Å². The molecule has 5 nitrogen and oxygen atoms in total. The minimum Gasteiger partial charge on any atom is -0.370 e. The summed E-state index contributed by atoms with van der Waals surface area (Å²) in [6.45, 7) is 8.14. The molecule has 4 fully saturated rings. The third kappa shape index (κ3) is 3.89. The summed E-state index contributed by atoms with van der Waals surface area (Å²) in [6, 6.07) is 0. The Hall–Kier alpha value is -0.430. The normalized spacial score (nSPS) is 37.5. The number of sulfonamides is 1. The molecule has 0 aromatic carbocycles. The molecule has 0 aromatic rings. The van der Waals surface area contributed by atoms with Gasteiger partial charge in [-0.3, -0.25) is 4.90 Å². The minimum atomic E-state index is -3.12. The van der Waals surface area contributed by atoms with E-state index in [1.165, 1.54) is 5.57 Å². The molecule has 4 atom stereocenters. The Morgan fingerprint density at radius 3 is 2.88 bits per heavy atom. The molecule has 0 radical (unpaired) electrons. The van der Waals surface area contributed by atoms with Crippen LogP contribution in [-0.4, -0.2) is 57.0 Å². The molecule has 148 valence electrons. The van der Waals surface area contributed by atoms with E-state index in [1.807, 2.05) is 0 Å². The maximum atomic E-state index is 12.3. The van der Waals surface area contributed by atoms with Gasteiger partial charge in [-0.05, 0) is 51.4 Å². The summed E-state index contributed by atoms with van der Waals surface area (Å²) in [6.07, 6.45) is 9.22. The van der Waals surface area contributed by atoms with E-state index < -0.39 is 10.0 Å². The Kier molecular flexibility index (Phi) is 5.23. The largest absolute Gasteiger partial charge is 0.370 e. The number of rotatable bonds is 9. The van der Waals surface area contributed by atoms with Crippen molar-refractivity contribution in [3.05, 3.63) is 11.6 Å². The molecule has 0 amide bonds. The predicted octanol–water partition coefficient (Wildman–Crippen LogP) is 2.54. The van der Waals surface area contributed by atoms with Gasteiger partial charge in [0, 0.05) is 38.0 Å². The quantitative estimate of drug-likeness (QED) is 0.623. The molecular weight excluding hydrogens is 348 g/mol. The van der Waals surface area contributed by atoms with Crippen molar-refractivity contribution in [3.8, 4) is 0 Å². The molecule has 1 spiro atoms. The van der Waals surface area contributed by atoms with E-state index in [2.05, 4.69) is 29.5 Å². The highest BCUT2D eigenvalue weighted by Gasteiger charge is 2.62. The van der Waals surface area contributed by atoms with E-state index in [9.17, 15) is 8.42 Å². The lowest BCUT2D eigenvalue weighted by molar-refractivity contribution is 0.00298. The van der Waals surface area contributed by atoms with E-state index in [4.69, 9.17) is 4.74 Å². The molecule has 3 heterocycles. The third-order valence-corrected chi connectivity index (χ3v) is 8.56. The highest BCUT2D eigenvalue weighted by atomic mass is 32.2. The highest BCUT2D eigenvalue weighted by Crippen LogP contribution is 2.54. The van der Waals surface area contributed by atoms with Crippen molar-refractivity contribution in [1.29, 1.82) is 0 Å². The molecule has 26 heavy (non-hydrogen) atoms. The van der Waals surface area contributed by atoms with Crippen molar-refractivity contribution in [2.24, 2.45) is 17.8 Å². The molecule has 6 heteroatoms. The molecule has 0 aromatic heterocycles. The molecular formula is C20H34N2O3S. The summed E-state index contributed by atoms with van der Waals surface area (Å²) in [5, 5.41) is 0. The lowest BCUT2D eigenvalue weighted by atomic mass is 9.74. The fraction of sp³-hybridized carbons (Fsp3) is 0.900. The van der Waals surface area contributed by atoms with Crippen LogP contribution in [0.2, 0.25) is 0 Å². The molecule has 1 N–H and O–H groups in total. The van der Waals surface area contributed by atoms with Gasteiger partial charge in [-0.2, -0.15) is 0 Å². The van der Waals surface area contributed by atoms with Crippen LogP contribution >= 0.6 is 0 Å². The highest BCUT2D eigenvalue weighted by molar-refractivity contribution is 7.89. The summed E-state index contributed by atoms with van der Waals surface area (Å²) in [4.78, 5) is 2.54. The van der Waals surface area contributed by atoms with Crippen molar-refractivity contribution in [1.82, 2.24) is 9.62 Å². The summed E-state index contributed by atoms with van der Waals surface area (Å²) in [5.41, 5.74) is 1.46. The van der Waals surface area contributed by atoms with E-state index in [-0.39, 0.29) is 11.7 Å². The Bertz CT molecular complexity index is 658. The Morgan fingerprint density at radius 1 is 1.35 bits per heavy atom. The summed E-state index contributed by atoms with van der Waals surface area (Å²) >= 11 is 0. The maximum absolute atomic E-state index is 12.3. The third-order valence-electron chi connectivity index (χ3n) is 7.04. The topological polar surface area (TPSA) is 58.6 Å². The van der Waals surface area contributed by atoms with Crippen molar-refractivity contribution < 1.29 is 13.2 Å². The number of nitrogens with zero attached hydrogens (tertiary/aromatic N) is 1. The van der Waals surface area contributed by atoms with Crippen molar-refractivity contribution >= 4 is 10.0 Å². The van der Waals surface area contributed by atoms with Crippen LogP contribution in [0, 0.1) is 17.8 Å². The number of likely N-dealkylation sites (tertiary alicyclic amines) is 1. The van der Waals surface area contributed by atoms with Crippen molar-refractivity contribution in [3.63, 3.8) is 0 Å². The van der Waals surface area contributed by atoms with Crippen LogP contribution in [0.1, 0.15) is 52.4 Å². The number of nitrogens with one attached hydrogen (secondary N) is 1. The average Bonchev–Trinajstić information content (AvgIpc) is 3.07. The number of hydrogen-bond acceptors (Lipinski definition) is 4. The number of fused-ring (bicyclic) bond motifs is 1. The maximum Gasteiger partial charge on any atom is 0.211 e. The van der Waals surface area contributed by atoms with Crippen LogP contribution in [0.3, 0.4) is 0 Å². The second kappa shape index (κ2) is 7.19. The van der Waals surface area contributed by atoms with E-state index >= 15 is 0 Å².